The number of aryl methyl sites for hydroxylation is 2. The first kappa shape index (κ1) is 15.7. The highest BCUT2D eigenvalue weighted by Gasteiger charge is 2.11. The van der Waals surface area contributed by atoms with Crippen LogP contribution < -0.4 is 4.90 Å². The zero-order valence-electron chi connectivity index (χ0n) is 13.7. The van der Waals surface area contributed by atoms with Gasteiger partial charge in [-0.25, -0.2) is 0 Å². The molecule has 0 aromatic heterocycles. The fourth-order valence-electron chi connectivity index (χ4n) is 2.55. The van der Waals surface area contributed by atoms with Crippen LogP contribution in [0.4, 0.5) is 22.7 Å². The summed E-state index contributed by atoms with van der Waals surface area (Å²) in [6.45, 7) is 4.16. The van der Waals surface area contributed by atoms with Crippen molar-refractivity contribution in [1.29, 1.82) is 0 Å². The molecule has 0 atom stereocenters. The van der Waals surface area contributed by atoms with Gasteiger partial charge in [-0.1, -0.05) is 52.6 Å². The zero-order chi connectivity index (χ0) is 16.9. The molecule has 0 aliphatic heterocycles. The van der Waals surface area contributed by atoms with E-state index in [1.54, 1.807) is 0 Å². The van der Waals surface area contributed by atoms with Crippen LogP contribution in [0.3, 0.4) is 0 Å². The van der Waals surface area contributed by atoms with E-state index in [1.165, 1.54) is 11.1 Å². The Morgan fingerprint density at radius 1 is 0.667 bits per heavy atom. The molecule has 118 valence electrons. The van der Waals surface area contributed by atoms with Crippen molar-refractivity contribution in [1.82, 2.24) is 0 Å². The topological polar surface area (TPSA) is 52.0 Å². The van der Waals surface area contributed by atoms with Gasteiger partial charge in [-0.15, -0.1) is 0 Å². The molecule has 0 bridgehead atoms. The maximum atomic E-state index is 8.55. The summed E-state index contributed by atoms with van der Waals surface area (Å²) >= 11 is 0. The molecule has 3 rings (SSSR count). The van der Waals surface area contributed by atoms with Crippen molar-refractivity contribution in [2.24, 2.45) is 5.11 Å². The van der Waals surface area contributed by atoms with E-state index >= 15 is 0 Å². The number of azide groups is 1. The van der Waals surface area contributed by atoms with Crippen molar-refractivity contribution in [2.45, 2.75) is 13.8 Å². The van der Waals surface area contributed by atoms with E-state index in [0.29, 0.717) is 5.69 Å². The van der Waals surface area contributed by atoms with Crippen LogP contribution in [0.5, 0.6) is 0 Å². The minimum absolute atomic E-state index is 0.606. The van der Waals surface area contributed by atoms with Gasteiger partial charge in [0.15, 0.2) is 0 Å². The molecule has 24 heavy (non-hydrogen) atoms. The van der Waals surface area contributed by atoms with Gasteiger partial charge in [-0.05, 0) is 55.8 Å². The lowest BCUT2D eigenvalue weighted by Gasteiger charge is -2.25. The largest absolute Gasteiger partial charge is 0.311 e. The van der Waals surface area contributed by atoms with E-state index in [-0.39, 0.29) is 0 Å². The lowest BCUT2D eigenvalue weighted by molar-refractivity contribution is 1.26. The van der Waals surface area contributed by atoms with Crippen LogP contribution in [0.15, 0.2) is 77.9 Å². The molecule has 0 amide bonds. The quantitative estimate of drug-likeness (QED) is 0.300. The molecule has 0 heterocycles. The first-order valence-corrected chi connectivity index (χ1v) is 7.76. The van der Waals surface area contributed by atoms with E-state index in [0.717, 1.165) is 17.1 Å². The normalized spacial score (nSPS) is 10.1. The van der Waals surface area contributed by atoms with Crippen LogP contribution in [0.2, 0.25) is 0 Å². The average molecular weight is 314 g/mol. The molecule has 0 unspecified atom stereocenters. The molecule has 0 aliphatic carbocycles. The monoisotopic (exact) mass is 314 g/mol. The molecule has 3 aromatic rings. The maximum absolute atomic E-state index is 8.55. The van der Waals surface area contributed by atoms with Crippen molar-refractivity contribution in [3.63, 3.8) is 0 Å². The highest BCUT2D eigenvalue weighted by atomic mass is 15.1. The Bertz CT molecular complexity index is 814. The summed E-state index contributed by atoms with van der Waals surface area (Å²) in [4.78, 5) is 5.01. The summed E-state index contributed by atoms with van der Waals surface area (Å²) < 4.78 is 0. The molecular weight excluding hydrogens is 296 g/mol. The second-order valence-corrected chi connectivity index (χ2v) is 5.71. The molecule has 0 spiro atoms. The third-order valence-electron chi connectivity index (χ3n) is 3.85. The third kappa shape index (κ3) is 3.40. The molecule has 0 saturated heterocycles. The summed E-state index contributed by atoms with van der Waals surface area (Å²) in [6, 6.07) is 24.4. The minimum atomic E-state index is 0.606. The minimum Gasteiger partial charge on any atom is -0.311 e. The Kier molecular flexibility index (Phi) is 4.50. The van der Waals surface area contributed by atoms with E-state index in [4.69, 9.17) is 5.53 Å². The fraction of sp³-hybridized carbons (Fsp3) is 0.100. The van der Waals surface area contributed by atoms with Gasteiger partial charge in [0.1, 0.15) is 0 Å². The number of hydrogen-bond acceptors (Lipinski definition) is 2. The molecule has 4 heteroatoms. The number of benzene rings is 3. The standard InChI is InChI=1S/C20H18N4/c1-15-3-9-18(10-4-15)24(19-11-5-16(2)6-12-19)20-13-7-17(8-14-20)22-23-21/h3-14H,1-2H3. The Labute approximate surface area is 141 Å². The molecule has 0 aliphatic rings. The van der Waals surface area contributed by atoms with Crippen LogP contribution in [0.25, 0.3) is 10.4 Å². The van der Waals surface area contributed by atoms with Crippen LogP contribution in [0, 0.1) is 13.8 Å². The number of hydrogen-bond donors (Lipinski definition) is 0. The molecule has 0 radical (unpaired) electrons. The van der Waals surface area contributed by atoms with Crippen LogP contribution >= 0.6 is 0 Å². The highest BCUT2D eigenvalue weighted by molar-refractivity contribution is 5.77. The number of nitrogens with zero attached hydrogens (tertiary/aromatic N) is 4. The predicted octanol–water partition coefficient (Wildman–Crippen LogP) is 6.72. The van der Waals surface area contributed by atoms with Crippen molar-refractivity contribution < 1.29 is 0 Å². The first-order chi connectivity index (χ1) is 11.7. The molecular formula is C20H18N4. The Morgan fingerprint density at radius 3 is 1.42 bits per heavy atom. The van der Waals surface area contributed by atoms with Crippen molar-refractivity contribution in [3.05, 3.63) is 94.4 Å². The molecule has 0 fully saturated rings. The van der Waals surface area contributed by atoms with Gasteiger partial charge in [0, 0.05) is 27.7 Å². The summed E-state index contributed by atoms with van der Waals surface area (Å²) in [5.74, 6) is 0. The van der Waals surface area contributed by atoms with Gasteiger partial charge in [0.25, 0.3) is 0 Å². The van der Waals surface area contributed by atoms with Gasteiger partial charge in [-0.2, -0.15) is 0 Å². The molecule has 3 aromatic carbocycles. The molecule has 0 N–H and O–H groups in total. The maximum Gasteiger partial charge on any atom is 0.0461 e. The van der Waals surface area contributed by atoms with E-state index in [2.05, 4.69) is 77.3 Å². The second kappa shape index (κ2) is 6.90. The first-order valence-electron chi connectivity index (χ1n) is 7.76. The van der Waals surface area contributed by atoms with Crippen molar-refractivity contribution >= 4 is 22.7 Å². The van der Waals surface area contributed by atoms with Gasteiger partial charge >= 0.3 is 0 Å². The van der Waals surface area contributed by atoms with Crippen LogP contribution in [0.1, 0.15) is 11.1 Å². The van der Waals surface area contributed by atoms with Crippen LogP contribution in [-0.4, -0.2) is 0 Å². The summed E-state index contributed by atoms with van der Waals surface area (Å²) in [6.07, 6.45) is 0. The lowest BCUT2D eigenvalue weighted by atomic mass is 10.1. The van der Waals surface area contributed by atoms with Gasteiger partial charge in [-0.3, -0.25) is 0 Å². The average Bonchev–Trinajstić information content (AvgIpc) is 2.60. The number of rotatable bonds is 4. The lowest BCUT2D eigenvalue weighted by Crippen LogP contribution is -2.09. The zero-order valence-corrected chi connectivity index (χ0v) is 13.7. The SMILES string of the molecule is Cc1ccc(N(c2ccc(C)cc2)c2ccc(N=[N+]=[N-])cc2)cc1. The Hall–Kier alpha value is -3.23. The predicted molar refractivity (Wildman–Crippen MR) is 99.4 cm³/mol. The van der Waals surface area contributed by atoms with Crippen LogP contribution in [-0.2, 0) is 0 Å². The van der Waals surface area contributed by atoms with Gasteiger partial charge in [0.05, 0.1) is 0 Å². The third-order valence-corrected chi connectivity index (χ3v) is 3.85. The van der Waals surface area contributed by atoms with E-state index in [9.17, 15) is 0 Å². The number of anilines is 3. The molecule has 4 nitrogen and oxygen atoms in total. The summed E-state index contributed by atoms with van der Waals surface area (Å²) in [5, 5.41) is 3.64. The fourth-order valence-corrected chi connectivity index (χ4v) is 2.55. The van der Waals surface area contributed by atoms with Gasteiger partial charge in [0.2, 0.25) is 0 Å². The highest BCUT2D eigenvalue weighted by Crippen LogP contribution is 2.35. The second-order valence-electron chi connectivity index (χ2n) is 5.71. The Morgan fingerprint density at radius 2 is 1.04 bits per heavy atom. The molecule has 0 saturated carbocycles. The van der Waals surface area contributed by atoms with Crippen molar-refractivity contribution in [2.75, 3.05) is 4.90 Å². The smallest absolute Gasteiger partial charge is 0.0461 e. The Balaban J connectivity index is 2.08. The van der Waals surface area contributed by atoms with Crippen molar-refractivity contribution in [3.8, 4) is 0 Å². The van der Waals surface area contributed by atoms with E-state index in [1.807, 2.05) is 24.3 Å². The van der Waals surface area contributed by atoms with Gasteiger partial charge < -0.3 is 4.90 Å². The van der Waals surface area contributed by atoms with E-state index < -0.39 is 0 Å². The summed E-state index contributed by atoms with van der Waals surface area (Å²) in [7, 11) is 0. The summed E-state index contributed by atoms with van der Waals surface area (Å²) in [5.41, 5.74) is 14.8.